The predicted molar refractivity (Wildman–Crippen MR) is 155 cm³/mol. The lowest BCUT2D eigenvalue weighted by Gasteiger charge is -2.41. The van der Waals surface area contributed by atoms with E-state index in [-0.39, 0.29) is 25.4 Å². The number of carbonyl (C=O) groups excluding carboxylic acids is 3. The number of nitrogens with zero attached hydrogens (tertiary/aromatic N) is 2. The van der Waals surface area contributed by atoms with Crippen LogP contribution in [0.25, 0.3) is 10.9 Å². The van der Waals surface area contributed by atoms with Crippen LogP contribution in [-0.2, 0) is 11.4 Å². The largest absolute Gasteiger partial charge is 0.489 e. The minimum absolute atomic E-state index is 0.142. The minimum Gasteiger partial charge on any atom is -0.489 e. The number of hydroxylamine groups is 1. The number of piperidine rings is 1. The summed E-state index contributed by atoms with van der Waals surface area (Å²) in [6, 6.07) is 25.4. The maximum atomic E-state index is 13.3. The summed E-state index contributed by atoms with van der Waals surface area (Å²) < 4.78 is 11.4. The van der Waals surface area contributed by atoms with Crippen LogP contribution in [0.2, 0.25) is 0 Å². The normalized spacial score (nSPS) is 14.2. The average Bonchev–Trinajstić information content (AvgIpc) is 3.00. The first-order valence-corrected chi connectivity index (χ1v) is 13.7. The number of pyridine rings is 1. The number of aryl methyl sites for hydroxylation is 1. The van der Waals surface area contributed by atoms with Gasteiger partial charge in [-0.05, 0) is 68.3 Å². The Morgan fingerprint density at radius 3 is 2.33 bits per heavy atom. The van der Waals surface area contributed by atoms with E-state index in [1.165, 1.54) is 4.90 Å². The highest BCUT2D eigenvalue weighted by atomic mass is 16.6. The maximum Gasteiger partial charge on any atom is 0.415 e. The third-order valence-electron chi connectivity index (χ3n) is 7.37. The number of ether oxygens (including phenoxy) is 2. The molecule has 3 aromatic carbocycles. The summed E-state index contributed by atoms with van der Waals surface area (Å²) >= 11 is 0. The van der Waals surface area contributed by atoms with E-state index < -0.39 is 17.5 Å². The molecule has 1 fully saturated rings. The van der Waals surface area contributed by atoms with Crippen LogP contribution < -0.4 is 20.3 Å². The van der Waals surface area contributed by atoms with E-state index in [0.29, 0.717) is 36.5 Å². The lowest BCUT2D eigenvalue weighted by atomic mass is 9.83. The van der Waals surface area contributed by atoms with Crippen molar-refractivity contribution in [3.8, 4) is 11.5 Å². The summed E-state index contributed by atoms with van der Waals surface area (Å²) in [7, 11) is 0. The molecule has 216 valence electrons. The van der Waals surface area contributed by atoms with Gasteiger partial charge in [0.15, 0.2) is 0 Å². The molecular weight excluding hydrogens is 536 g/mol. The SMILES string of the molecule is Cc1cc(COc2ccc(C(=O)NC3(CC(=O)NO)CCN(C(=O)Oc4ccccc4)CC3)cc2)c2ccccc2n1. The number of hydrogen-bond acceptors (Lipinski definition) is 7. The molecule has 0 saturated carbocycles. The summed E-state index contributed by atoms with van der Waals surface area (Å²) in [5, 5.41) is 13.2. The van der Waals surface area contributed by atoms with Crippen molar-refractivity contribution >= 4 is 28.8 Å². The van der Waals surface area contributed by atoms with Crippen molar-refractivity contribution in [3.05, 3.63) is 102 Å². The Labute approximate surface area is 243 Å². The van der Waals surface area contributed by atoms with Gasteiger partial charge in [0, 0.05) is 35.3 Å². The summed E-state index contributed by atoms with van der Waals surface area (Å²) in [6.45, 7) is 2.82. The van der Waals surface area contributed by atoms with Gasteiger partial charge in [-0.15, -0.1) is 0 Å². The number of para-hydroxylation sites is 2. The van der Waals surface area contributed by atoms with Gasteiger partial charge in [0.2, 0.25) is 5.91 Å². The highest BCUT2D eigenvalue weighted by molar-refractivity contribution is 5.95. The number of likely N-dealkylation sites (tertiary alicyclic amines) is 1. The van der Waals surface area contributed by atoms with Crippen molar-refractivity contribution in [1.29, 1.82) is 0 Å². The Morgan fingerprint density at radius 1 is 0.929 bits per heavy atom. The van der Waals surface area contributed by atoms with Crippen molar-refractivity contribution in [1.82, 2.24) is 20.7 Å². The molecule has 1 aliphatic rings. The van der Waals surface area contributed by atoms with Crippen LogP contribution in [0.1, 0.15) is 40.9 Å². The lowest BCUT2D eigenvalue weighted by molar-refractivity contribution is -0.131. The van der Waals surface area contributed by atoms with Crippen LogP contribution in [0.3, 0.4) is 0 Å². The molecule has 0 unspecified atom stereocenters. The molecule has 0 spiro atoms. The molecule has 42 heavy (non-hydrogen) atoms. The summed E-state index contributed by atoms with van der Waals surface area (Å²) in [4.78, 5) is 44.2. The van der Waals surface area contributed by atoms with Crippen LogP contribution in [0.5, 0.6) is 11.5 Å². The van der Waals surface area contributed by atoms with E-state index in [9.17, 15) is 14.4 Å². The molecule has 1 saturated heterocycles. The molecule has 1 aliphatic heterocycles. The fraction of sp³-hybridized carbons (Fsp3) is 0.250. The second-order valence-corrected chi connectivity index (χ2v) is 10.4. The van der Waals surface area contributed by atoms with Gasteiger partial charge in [0.05, 0.1) is 17.5 Å². The maximum absolute atomic E-state index is 13.3. The first-order chi connectivity index (χ1) is 20.3. The van der Waals surface area contributed by atoms with Gasteiger partial charge in [0.25, 0.3) is 5.91 Å². The van der Waals surface area contributed by atoms with Gasteiger partial charge in [-0.3, -0.25) is 19.8 Å². The predicted octanol–water partition coefficient (Wildman–Crippen LogP) is 4.78. The zero-order chi connectivity index (χ0) is 29.5. The van der Waals surface area contributed by atoms with Gasteiger partial charge in [-0.25, -0.2) is 10.3 Å². The zero-order valence-electron chi connectivity index (χ0n) is 23.2. The first-order valence-electron chi connectivity index (χ1n) is 13.7. The minimum atomic E-state index is -0.955. The molecular formula is C32H32N4O6. The smallest absolute Gasteiger partial charge is 0.415 e. The molecule has 0 radical (unpaired) electrons. The van der Waals surface area contributed by atoms with Gasteiger partial charge in [-0.1, -0.05) is 36.4 Å². The molecule has 0 atom stereocenters. The Morgan fingerprint density at radius 2 is 1.62 bits per heavy atom. The number of carbonyl (C=O) groups is 3. The second kappa shape index (κ2) is 12.7. The van der Waals surface area contributed by atoms with Crippen LogP contribution >= 0.6 is 0 Å². The van der Waals surface area contributed by atoms with E-state index in [2.05, 4.69) is 10.3 Å². The molecule has 3 N–H and O–H groups in total. The molecule has 0 bridgehead atoms. The molecule has 10 nitrogen and oxygen atoms in total. The zero-order valence-corrected chi connectivity index (χ0v) is 23.2. The molecule has 0 aliphatic carbocycles. The fourth-order valence-corrected chi connectivity index (χ4v) is 5.15. The molecule has 3 amide bonds. The second-order valence-electron chi connectivity index (χ2n) is 10.4. The van der Waals surface area contributed by atoms with E-state index in [1.54, 1.807) is 54.0 Å². The highest BCUT2D eigenvalue weighted by Gasteiger charge is 2.39. The van der Waals surface area contributed by atoms with E-state index >= 15 is 0 Å². The number of rotatable bonds is 8. The molecule has 10 heteroatoms. The van der Waals surface area contributed by atoms with E-state index in [1.807, 2.05) is 43.3 Å². The fourth-order valence-electron chi connectivity index (χ4n) is 5.15. The topological polar surface area (TPSA) is 130 Å². The monoisotopic (exact) mass is 568 g/mol. The van der Waals surface area contributed by atoms with E-state index in [4.69, 9.17) is 14.7 Å². The number of fused-ring (bicyclic) bond motifs is 1. The number of benzene rings is 3. The Kier molecular flexibility index (Phi) is 8.63. The van der Waals surface area contributed by atoms with Crippen molar-refractivity contribution in [2.75, 3.05) is 13.1 Å². The number of nitrogens with one attached hydrogen (secondary N) is 2. The van der Waals surface area contributed by atoms with Crippen molar-refractivity contribution in [3.63, 3.8) is 0 Å². The van der Waals surface area contributed by atoms with Crippen molar-refractivity contribution < 1.29 is 29.1 Å². The van der Waals surface area contributed by atoms with Crippen molar-refractivity contribution in [2.24, 2.45) is 0 Å². The summed E-state index contributed by atoms with van der Waals surface area (Å²) in [5.41, 5.74) is 3.92. The molecule has 1 aromatic heterocycles. The Balaban J connectivity index is 1.22. The molecule has 2 heterocycles. The Hall–Kier alpha value is -4.96. The van der Waals surface area contributed by atoms with Gasteiger partial charge in [0.1, 0.15) is 18.1 Å². The van der Waals surface area contributed by atoms with Crippen LogP contribution in [0.4, 0.5) is 4.79 Å². The number of aromatic nitrogens is 1. The lowest BCUT2D eigenvalue weighted by Crippen LogP contribution is -2.58. The van der Waals surface area contributed by atoms with Crippen molar-refractivity contribution in [2.45, 2.75) is 38.3 Å². The van der Waals surface area contributed by atoms with Crippen LogP contribution in [0.15, 0.2) is 84.9 Å². The summed E-state index contributed by atoms with van der Waals surface area (Å²) in [5.74, 6) is 0.0373. The molecule has 5 rings (SSSR count). The number of amides is 3. The average molecular weight is 569 g/mol. The van der Waals surface area contributed by atoms with Gasteiger partial charge < -0.3 is 19.7 Å². The summed E-state index contributed by atoms with van der Waals surface area (Å²) in [6.07, 6.45) is -0.0389. The third-order valence-corrected chi connectivity index (χ3v) is 7.37. The van der Waals surface area contributed by atoms with E-state index in [0.717, 1.165) is 22.2 Å². The number of hydrogen-bond donors (Lipinski definition) is 3. The third kappa shape index (κ3) is 6.84. The van der Waals surface area contributed by atoms with Gasteiger partial charge in [-0.2, -0.15) is 0 Å². The van der Waals surface area contributed by atoms with Crippen LogP contribution in [-0.4, -0.2) is 51.6 Å². The highest BCUT2D eigenvalue weighted by Crippen LogP contribution is 2.28. The Bertz CT molecular complexity index is 1570. The molecule has 4 aromatic rings. The standard InChI is InChI=1S/C32H32N4O6/c1-22-19-24(27-9-5-6-10-28(27)33-22)21-41-25-13-11-23(12-14-25)30(38)34-32(20-29(37)35-40)15-17-36(18-16-32)31(39)42-26-7-3-2-4-8-26/h2-14,19,40H,15-18,20-21H2,1H3,(H,34,38)(H,35,37). The quantitative estimate of drug-likeness (QED) is 0.206. The van der Waals surface area contributed by atoms with Crippen LogP contribution in [0, 0.1) is 6.92 Å². The first kappa shape index (κ1) is 28.6. The van der Waals surface area contributed by atoms with Gasteiger partial charge >= 0.3 is 6.09 Å².